The van der Waals surface area contributed by atoms with Gasteiger partial charge in [0.25, 0.3) is 0 Å². The van der Waals surface area contributed by atoms with Crippen molar-refractivity contribution in [2.24, 2.45) is 0 Å². The van der Waals surface area contributed by atoms with Gasteiger partial charge in [0.15, 0.2) is 0 Å². The molecule has 2 aromatic heterocycles. The fourth-order valence-electron chi connectivity index (χ4n) is 1.69. The van der Waals surface area contributed by atoms with E-state index in [-0.39, 0.29) is 0 Å². The van der Waals surface area contributed by atoms with E-state index in [0.717, 1.165) is 12.2 Å². The molecule has 20 heavy (non-hydrogen) atoms. The summed E-state index contributed by atoms with van der Waals surface area (Å²) in [7, 11) is 0. The van der Waals surface area contributed by atoms with Crippen molar-refractivity contribution < 1.29 is 9.53 Å². The largest absolute Gasteiger partial charge is 0.444 e. The molecule has 0 unspecified atom stereocenters. The zero-order valence-electron chi connectivity index (χ0n) is 11.9. The second-order valence-electron chi connectivity index (χ2n) is 5.45. The first kappa shape index (κ1) is 14.6. The first-order valence-corrected chi connectivity index (χ1v) is 7.30. The third-order valence-corrected chi connectivity index (χ3v) is 3.38. The molecule has 5 nitrogen and oxygen atoms in total. The summed E-state index contributed by atoms with van der Waals surface area (Å²) in [6.45, 7) is 6.69. The molecule has 2 aromatic rings. The highest BCUT2D eigenvalue weighted by molar-refractivity contribution is 7.09. The molecule has 0 radical (unpaired) electrons. The van der Waals surface area contributed by atoms with Crippen molar-refractivity contribution in [3.8, 4) is 0 Å². The smallest absolute Gasteiger partial charge is 0.407 e. The fraction of sp³-hybridized carbons (Fsp3) is 0.429. The van der Waals surface area contributed by atoms with Crippen molar-refractivity contribution in [1.82, 2.24) is 14.9 Å². The molecule has 0 aliphatic carbocycles. The van der Waals surface area contributed by atoms with E-state index >= 15 is 0 Å². The van der Waals surface area contributed by atoms with Crippen molar-refractivity contribution in [2.75, 3.05) is 0 Å². The Morgan fingerprint density at radius 2 is 2.30 bits per heavy atom. The monoisotopic (exact) mass is 293 g/mol. The Morgan fingerprint density at radius 1 is 1.50 bits per heavy atom. The lowest BCUT2D eigenvalue weighted by molar-refractivity contribution is 0.0522. The Balaban J connectivity index is 1.91. The molecule has 0 fully saturated rings. The van der Waals surface area contributed by atoms with Crippen LogP contribution in [0.5, 0.6) is 0 Å². The molecule has 108 valence electrons. The zero-order valence-corrected chi connectivity index (χ0v) is 12.7. The van der Waals surface area contributed by atoms with Gasteiger partial charge in [-0.05, 0) is 32.2 Å². The standard InChI is InChI=1S/C14H19N3O2S/c1-14(2,3)19-13(18)16-8-11-7-15-10-17(11)9-12-5-4-6-20-12/h4-7,10H,8-9H2,1-3H3,(H,16,18). The Kier molecular flexibility index (Phi) is 4.44. The molecule has 6 heteroatoms. The van der Waals surface area contributed by atoms with Crippen LogP contribution < -0.4 is 5.32 Å². The van der Waals surface area contributed by atoms with Gasteiger partial charge in [-0.2, -0.15) is 0 Å². The summed E-state index contributed by atoms with van der Waals surface area (Å²) in [6.07, 6.45) is 3.11. The third-order valence-electron chi connectivity index (χ3n) is 2.52. The summed E-state index contributed by atoms with van der Waals surface area (Å²) >= 11 is 1.70. The average molecular weight is 293 g/mol. The highest BCUT2D eigenvalue weighted by atomic mass is 32.1. The van der Waals surface area contributed by atoms with Gasteiger partial charge in [-0.25, -0.2) is 9.78 Å². The van der Waals surface area contributed by atoms with Crippen LogP contribution in [0.1, 0.15) is 31.3 Å². The quantitative estimate of drug-likeness (QED) is 0.942. The van der Waals surface area contributed by atoms with Crippen LogP contribution in [0, 0.1) is 0 Å². The van der Waals surface area contributed by atoms with Crippen LogP contribution >= 0.6 is 11.3 Å². The van der Waals surface area contributed by atoms with Gasteiger partial charge < -0.3 is 14.6 Å². The topological polar surface area (TPSA) is 56.1 Å². The molecule has 0 bridgehead atoms. The number of hydrogen-bond acceptors (Lipinski definition) is 4. The summed E-state index contributed by atoms with van der Waals surface area (Å²) < 4.78 is 7.22. The second kappa shape index (κ2) is 6.09. The molecule has 0 atom stereocenters. The Labute approximate surface area is 122 Å². The van der Waals surface area contributed by atoms with E-state index in [9.17, 15) is 4.79 Å². The molecule has 0 saturated heterocycles. The lowest BCUT2D eigenvalue weighted by Crippen LogP contribution is -2.32. The molecule has 0 saturated carbocycles. The predicted octanol–water partition coefficient (Wildman–Crippen LogP) is 3.02. The summed E-state index contributed by atoms with van der Waals surface area (Å²) in [6, 6.07) is 4.10. The lowest BCUT2D eigenvalue weighted by atomic mass is 10.2. The van der Waals surface area contributed by atoms with E-state index in [1.54, 1.807) is 23.9 Å². The maximum absolute atomic E-state index is 11.6. The summed E-state index contributed by atoms with van der Waals surface area (Å²) in [5.41, 5.74) is 0.464. The van der Waals surface area contributed by atoms with Crippen molar-refractivity contribution in [3.63, 3.8) is 0 Å². The van der Waals surface area contributed by atoms with E-state index in [1.165, 1.54) is 4.88 Å². The maximum Gasteiger partial charge on any atom is 0.407 e. The number of nitrogens with zero attached hydrogens (tertiary/aromatic N) is 2. The highest BCUT2D eigenvalue weighted by Gasteiger charge is 2.16. The molecule has 2 heterocycles. The number of alkyl carbamates (subject to hydrolysis) is 1. The normalized spacial score (nSPS) is 11.3. The van der Waals surface area contributed by atoms with Crippen molar-refractivity contribution >= 4 is 17.4 Å². The molecule has 0 spiro atoms. The van der Waals surface area contributed by atoms with Crippen LogP contribution in [-0.2, 0) is 17.8 Å². The van der Waals surface area contributed by atoms with Crippen LogP contribution in [0.4, 0.5) is 4.79 Å². The van der Waals surface area contributed by atoms with Gasteiger partial charge in [-0.15, -0.1) is 11.3 Å². The van der Waals surface area contributed by atoms with E-state index in [2.05, 4.69) is 16.4 Å². The number of ether oxygens (including phenoxy) is 1. The number of hydrogen-bond donors (Lipinski definition) is 1. The predicted molar refractivity (Wildman–Crippen MR) is 78.7 cm³/mol. The molecule has 0 aromatic carbocycles. The Hall–Kier alpha value is -1.82. The van der Waals surface area contributed by atoms with Gasteiger partial charge >= 0.3 is 6.09 Å². The van der Waals surface area contributed by atoms with E-state index in [0.29, 0.717) is 6.54 Å². The van der Waals surface area contributed by atoms with Crippen molar-refractivity contribution in [3.05, 3.63) is 40.6 Å². The summed E-state index contributed by atoms with van der Waals surface area (Å²) in [4.78, 5) is 17.0. The molecular formula is C14H19N3O2S. The lowest BCUT2D eigenvalue weighted by Gasteiger charge is -2.19. The SMILES string of the molecule is CC(C)(C)OC(=O)NCc1cncn1Cc1cccs1. The number of amides is 1. The van der Waals surface area contributed by atoms with Crippen LogP contribution in [0.2, 0.25) is 0 Å². The number of aromatic nitrogens is 2. The van der Waals surface area contributed by atoms with Gasteiger partial charge in [0, 0.05) is 11.1 Å². The minimum Gasteiger partial charge on any atom is -0.444 e. The van der Waals surface area contributed by atoms with E-state index < -0.39 is 11.7 Å². The Morgan fingerprint density at radius 3 is 2.95 bits per heavy atom. The first-order chi connectivity index (χ1) is 9.44. The average Bonchev–Trinajstić information content (AvgIpc) is 2.96. The van der Waals surface area contributed by atoms with Gasteiger partial charge in [0.1, 0.15) is 5.60 Å². The summed E-state index contributed by atoms with van der Waals surface area (Å²) in [5.74, 6) is 0. The number of carbonyl (C=O) groups is 1. The number of carbonyl (C=O) groups excluding carboxylic acids is 1. The second-order valence-corrected chi connectivity index (χ2v) is 6.48. The van der Waals surface area contributed by atoms with Gasteiger partial charge in [-0.3, -0.25) is 0 Å². The van der Waals surface area contributed by atoms with E-state index in [4.69, 9.17) is 4.74 Å². The van der Waals surface area contributed by atoms with Gasteiger partial charge in [-0.1, -0.05) is 6.07 Å². The van der Waals surface area contributed by atoms with Crippen molar-refractivity contribution in [2.45, 2.75) is 39.5 Å². The number of rotatable bonds is 4. The highest BCUT2D eigenvalue weighted by Crippen LogP contribution is 2.12. The number of imidazole rings is 1. The first-order valence-electron chi connectivity index (χ1n) is 6.42. The summed E-state index contributed by atoms with van der Waals surface area (Å²) in [5, 5.41) is 4.79. The minimum absolute atomic E-state index is 0.403. The number of thiophene rings is 1. The molecule has 1 amide bonds. The van der Waals surface area contributed by atoms with Crippen LogP contribution in [0.15, 0.2) is 30.0 Å². The van der Waals surface area contributed by atoms with Gasteiger partial charge in [0.05, 0.1) is 25.1 Å². The third kappa shape index (κ3) is 4.38. The fourth-order valence-corrected chi connectivity index (χ4v) is 2.39. The molecule has 0 aliphatic heterocycles. The van der Waals surface area contributed by atoms with Gasteiger partial charge in [0.2, 0.25) is 0 Å². The van der Waals surface area contributed by atoms with E-state index in [1.807, 2.05) is 36.8 Å². The van der Waals surface area contributed by atoms with Crippen LogP contribution in [0.25, 0.3) is 0 Å². The molecule has 1 N–H and O–H groups in total. The number of nitrogens with one attached hydrogen (secondary N) is 1. The minimum atomic E-state index is -0.485. The van der Waals surface area contributed by atoms with Crippen LogP contribution in [0.3, 0.4) is 0 Å². The zero-order chi connectivity index (χ0) is 14.6. The Bertz CT molecular complexity index is 555. The van der Waals surface area contributed by atoms with Crippen LogP contribution in [-0.4, -0.2) is 21.2 Å². The molecular weight excluding hydrogens is 274 g/mol. The molecule has 2 rings (SSSR count). The molecule has 0 aliphatic rings. The maximum atomic E-state index is 11.6. The van der Waals surface area contributed by atoms with Crippen molar-refractivity contribution in [1.29, 1.82) is 0 Å².